The third-order valence-electron chi connectivity index (χ3n) is 5.71. The fraction of sp³-hybridized carbons (Fsp3) is 0.500. The highest BCUT2D eigenvalue weighted by atomic mass is 16.6. The van der Waals surface area contributed by atoms with Crippen molar-refractivity contribution in [1.82, 2.24) is 4.57 Å². The number of aliphatic hydroxyl groups is 1. The van der Waals surface area contributed by atoms with E-state index < -0.39 is 18.2 Å². The molecule has 162 valence electrons. The Labute approximate surface area is 177 Å². The Balaban J connectivity index is 1.76. The number of ether oxygens (including phenoxy) is 2. The SMILES string of the molecule is CCCC(CCC)C(=O)OCC1(CO)CC(=Cc2cn(C)c3ccccc23)C(=O)O1. The van der Waals surface area contributed by atoms with E-state index in [2.05, 4.69) is 0 Å². The van der Waals surface area contributed by atoms with Crippen molar-refractivity contribution in [3.63, 3.8) is 0 Å². The first-order valence-corrected chi connectivity index (χ1v) is 10.7. The molecular weight excluding hydrogens is 382 g/mol. The van der Waals surface area contributed by atoms with E-state index in [1.807, 2.05) is 55.9 Å². The van der Waals surface area contributed by atoms with Crippen LogP contribution in [0.25, 0.3) is 17.0 Å². The summed E-state index contributed by atoms with van der Waals surface area (Å²) in [6, 6.07) is 7.95. The van der Waals surface area contributed by atoms with Gasteiger partial charge in [-0.3, -0.25) is 4.79 Å². The van der Waals surface area contributed by atoms with Crippen molar-refractivity contribution in [3.05, 3.63) is 41.6 Å². The highest BCUT2D eigenvalue weighted by Crippen LogP contribution is 2.34. The van der Waals surface area contributed by atoms with Crippen LogP contribution in [0.5, 0.6) is 0 Å². The van der Waals surface area contributed by atoms with Gasteiger partial charge in [-0.1, -0.05) is 44.9 Å². The summed E-state index contributed by atoms with van der Waals surface area (Å²) in [7, 11) is 1.96. The first kappa shape index (κ1) is 22.1. The van der Waals surface area contributed by atoms with Gasteiger partial charge in [0.1, 0.15) is 6.61 Å². The molecule has 1 fully saturated rings. The number of carbonyl (C=O) groups excluding carboxylic acids is 2. The average Bonchev–Trinajstić information content (AvgIpc) is 3.23. The van der Waals surface area contributed by atoms with Crippen molar-refractivity contribution in [1.29, 1.82) is 0 Å². The average molecular weight is 414 g/mol. The van der Waals surface area contributed by atoms with Crippen LogP contribution in [0.15, 0.2) is 36.0 Å². The summed E-state index contributed by atoms with van der Waals surface area (Å²) in [5.74, 6) is -0.917. The second-order valence-corrected chi connectivity index (χ2v) is 8.17. The van der Waals surface area contributed by atoms with Crippen LogP contribution in [0.4, 0.5) is 0 Å². The van der Waals surface area contributed by atoms with Crippen LogP contribution >= 0.6 is 0 Å². The maximum absolute atomic E-state index is 12.5. The van der Waals surface area contributed by atoms with E-state index in [1.165, 1.54) is 0 Å². The molecule has 2 heterocycles. The predicted molar refractivity (Wildman–Crippen MR) is 116 cm³/mol. The van der Waals surface area contributed by atoms with E-state index in [0.29, 0.717) is 5.57 Å². The van der Waals surface area contributed by atoms with Gasteiger partial charge in [0.2, 0.25) is 0 Å². The molecule has 1 saturated heterocycles. The second kappa shape index (κ2) is 9.47. The zero-order valence-corrected chi connectivity index (χ0v) is 18.0. The van der Waals surface area contributed by atoms with Gasteiger partial charge in [0.05, 0.1) is 12.5 Å². The Morgan fingerprint density at radius 3 is 2.67 bits per heavy atom. The van der Waals surface area contributed by atoms with Crippen molar-refractivity contribution < 1.29 is 24.2 Å². The maximum atomic E-state index is 12.5. The normalized spacial score (nSPS) is 20.3. The lowest BCUT2D eigenvalue weighted by molar-refractivity contribution is -0.169. The molecule has 0 amide bonds. The van der Waals surface area contributed by atoms with Crippen LogP contribution < -0.4 is 0 Å². The zero-order valence-electron chi connectivity index (χ0n) is 18.0. The van der Waals surface area contributed by atoms with Gasteiger partial charge < -0.3 is 19.1 Å². The van der Waals surface area contributed by atoms with Gasteiger partial charge in [-0.05, 0) is 25.0 Å². The molecule has 0 saturated carbocycles. The van der Waals surface area contributed by atoms with Crippen LogP contribution in [0.1, 0.15) is 51.5 Å². The van der Waals surface area contributed by atoms with E-state index in [0.717, 1.165) is 42.1 Å². The first-order valence-electron chi connectivity index (χ1n) is 10.7. The molecule has 1 aliphatic rings. The maximum Gasteiger partial charge on any atom is 0.334 e. The summed E-state index contributed by atoms with van der Waals surface area (Å²) >= 11 is 0. The van der Waals surface area contributed by atoms with Gasteiger partial charge in [-0.15, -0.1) is 0 Å². The molecule has 1 N–H and O–H groups in total. The smallest absolute Gasteiger partial charge is 0.334 e. The van der Waals surface area contributed by atoms with E-state index in [9.17, 15) is 14.7 Å². The second-order valence-electron chi connectivity index (χ2n) is 8.17. The fourth-order valence-electron chi connectivity index (χ4n) is 4.12. The number of nitrogens with zero attached hydrogens (tertiary/aromatic N) is 1. The Kier molecular flexibility index (Phi) is 6.98. The number of hydrogen-bond acceptors (Lipinski definition) is 5. The number of aryl methyl sites for hydroxylation is 1. The summed E-state index contributed by atoms with van der Waals surface area (Å²) in [6.45, 7) is 3.54. The van der Waals surface area contributed by atoms with Gasteiger partial charge in [-0.2, -0.15) is 0 Å². The molecule has 0 aliphatic carbocycles. The number of fused-ring (bicyclic) bond motifs is 1. The molecular formula is C24H31NO5. The monoisotopic (exact) mass is 413 g/mol. The predicted octanol–water partition coefficient (Wildman–Crippen LogP) is 4.00. The highest BCUT2D eigenvalue weighted by molar-refractivity contribution is 5.99. The number of hydrogen-bond donors (Lipinski definition) is 1. The molecule has 2 aromatic rings. The Hall–Kier alpha value is -2.60. The van der Waals surface area contributed by atoms with Gasteiger partial charge in [0.15, 0.2) is 5.60 Å². The largest absolute Gasteiger partial charge is 0.461 e. The molecule has 0 spiro atoms. The number of rotatable bonds is 9. The minimum Gasteiger partial charge on any atom is -0.461 e. The van der Waals surface area contributed by atoms with Crippen LogP contribution in [0.3, 0.4) is 0 Å². The number of esters is 2. The first-order chi connectivity index (χ1) is 14.4. The van der Waals surface area contributed by atoms with Crippen molar-refractivity contribution in [2.24, 2.45) is 13.0 Å². The number of aliphatic hydroxyl groups excluding tert-OH is 1. The van der Waals surface area contributed by atoms with Crippen LogP contribution in [-0.2, 0) is 26.1 Å². The number of carbonyl (C=O) groups is 2. The fourth-order valence-corrected chi connectivity index (χ4v) is 4.12. The lowest BCUT2D eigenvalue weighted by Crippen LogP contribution is -2.40. The van der Waals surface area contributed by atoms with Crippen molar-refractivity contribution >= 4 is 28.9 Å². The topological polar surface area (TPSA) is 77.8 Å². The van der Waals surface area contributed by atoms with E-state index in [-0.39, 0.29) is 24.9 Å². The summed E-state index contributed by atoms with van der Waals surface area (Å²) in [6.07, 6.45) is 7.31. The molecule has 6 heteroatoms. The molecule has 1 aromatic heterocycles. The lowest BCUT2D eigenvalue weighted by atomic mass is 9.97. The Morgan fingerprint density at radius 2 is 2.00 bits per heavy atom. The highest BCUT2D eigenvalue weighted by Gasteiger charge is 2.45. The van der Waals surface area contributed by atoms with E-state index >= 15 is 0 Å². The number of benzene rings is 1. The molecule has 0 radical (unpaired) electrons. The number of cyclic esters (lactones) is 1. The molecule has 1 aromatic carbocycles. The Morgan fingerprint density at radius 1 is 1.30 bits per heavy atom. The molecule has 0 bridgehead atoms. The minimum absolute atomic E-state index is 0.134. The molecule has 1 aliphatic heterocycles. The quantitative estimate of drug-likeness (QED) is 0.497. The molecule has 1 atom stereocenters. The summed E-state index contributed by atoms with van der Waals surface area (Å²) in [4.78, 5) is 25.0. The van der Waals surface area contributed by atoms with Crippen LogP contribution in [-0.4, -0.2) is 40.4 Å². The number of para-hydroxylation sites is 1. The van der Waals surface area contributed by atoms with Crippen molar-refractivity contribution in [2.45, 2.75) is 51.6 Å². The summed E-state index contributed by atoms with van der Waals surface area (Å²) in [5.41, 5.74) is 1.23. The zero-order chi connectivity index (χ0) is 21.7. The van der Waals surface area contributed by atoms with E-state index in [4.69, 9.17) is 9.47 Å². The van der Waals surface area contributed by atoms with Crippen molar-refractivity contribution in [3.8, 4) is 0 Å². The number of aromatic nitrogens is 1. The molecule has 6 nitrogen and oxygen atoms in total. The van der Waals surface area contributed by atoms with Crippen molar-refractivity contribution in [2.75, 3.05) is 13.2 Å². The lowest BCUT2D eigenvalue weighted by Gasteiger charge is -2.25. The standard InChI is InChI=1S/C24H31NO5/c1-4-8-17(9-5-2)22(27)29-16-24(15-26)13-18(23(28)30-24)12-19-14-25(3)21-11-7-6-10-20(19)21/h6-7,10-12,14,17,26H,4-5,8-9,13,15-16H2,1-3H3. The van der Waals surface area contributed by atoms with Crippen LogP contribution in [0, 0.1) is 5.92 Å². The third kappa shape index (κ3) is 4.59. The third-order valence-corrected chi connectivity index (χ3v) is 5.71. The van der Waals surface area contributed by atoms with Gasteiger partial charge in [-0.25, -0.2) is 4.79 Å². The minimum atomic E-state index is -1.22. The van der Waals surface area contributed by atoms with Gasteiger partial charge in [0, 0.05) is 41.7 Å². The summed E-state index contributed by atoms with van der Waals surface area (Å²) in [5, 5.41) is 11.0. The Bertz CT molecular complexity index is 938. The molecule has 3 rings (SSSR count). The van der Waals surface area contributed by atoms with E-state index in [1.54, 1.807) is 6.08 Å². The molecule has 30 heavy (non-hydrogen) atoms. The van der Waals surface area contributed by atoms with Crippen LogP contribution in [0.2, 0.25) is 0 Å². The summed E-state index contributed by atoms with van der Waals surface area (Å²) < 4.78 is 13.0. The van der Waals surface area contributed by atoms with Gasteiger partial charge >= 0.3 is 11.9 Å². The molecule has 1 unspecified atom stereocenters. The van der Waals surface area contributed by atoms with Gasteiger partial charge in [0.25, 0.3) is 0 Å².